The third-order valence-electron chi connectivity index (χ3n) is 8.75. The highest BCUT2D eigenvalue weighted by molar-refractivity contribution is 5.29. The van der Waals surface area contributed by atoms with Crippen LogP contribution in [0.1, 0.15) is 121 Å². The molecule has 0 amide bonds. The molecule has 1 saturated heterocycles. The molecule has 3 nitrogen and oxygen atoms in total. The van der Waals surface area contributed by atoms with Crippen LogP contribution in [0.15, 0.2) is 48.5 Å². The molecule has 1 fully saturated rings. The van der Waals surface area contributed by atoms with Crippen molar-refractivity contribution in [1.29, 1.82) is 0 Å². The number of piperidine rings is 1. The normalized spacial score (nSPS) is 16.5. The van der Waals surface area contributed by atoms with Gasteiger partial charge >= 0.3 is 0 Å². The summed E-state index contributed by atoms with van der Waals surface area (Å²) in [6.45, 7) is 19.4. The average molecular weight is 534 g/mol. The van der Waals surface area contributed by atoms with Gasteiger partial charge in [-0.15, -0.1) is 0 Å². The summed E-state index contributed by atoms with van der Waals surface area (Å²) in [5.41, 5.74) is 11.9. The van der Waals surface area contributed by atoms with Gasteiger partial charge in [-0.25, -0.2) is 0 Å². The molecule has 3 heteroatoms. The van der Waals surface area contributed by atoms with Crippen LogP contribution in [0, 0.1) is 5.92 Å². The zero-order valence-electron chi connectivity index (χ0n) is 26.2. The fourth-order valence-corrected chi connectivity index (χ4v) is 5.84. The lowest BCUT2D eigenvalue weighted by Crippen LogP contribution is -2.38. The van der Waals surface area contributed by atoms with E-state index in [1.165, 1.54) is 93.3 Å². The highest BCUT2D eigenvalue weighted by Gasteiger charge is 2.21. The first kappa shape index (κ1) is 31.8. The van der Waals surface area contributed by atoms with Crippen molar-refractivity contribution in [2.75, 3.05) is 32.7 Å². The molecule has 3 N–H and O–H groups in total. The molecule has 0 aromatic heterocycles. The largest absolute Gasteiger partial charge is 0.330 e. The zero-order chi connectivity index (χ0) is 28.3. The van der Waals surface area contributed by atoms with Gasteiger partial charge in [0.1, 0.15) is 0 Å². The standard InChI is InChI=1S/C36H59N3/c1-35(2,3)32-18-14-29(15-19-32)12-9-7-8-10-13-34(31-16-20-33(21-17-31)36(4,5)6)38-28-30-22-26-39(27-23-30)25-11-24-37/h14-21,30,34,38H,7-13,22-28,37H2,1-6H3. The molecule has 1 atom stereocenters. The number of benzene rings is 2. The minimum atomic E-state index is 0.201. The molecule has 218 valence electrons. The van der Waals surface area contributed by atoms with Gasteiger partial charge in [0.2, 0.25) is 0 Å². The van der Waals surface area contributed by atoms with Gasteiger partial charge in [0.15, 0.2) is 0 Å². The van der Waals surface area contributed by atoms with E-state index in [1.807, 2.05) is 0 Å². The van der Waals surface area contributed by atoms with Gasteiger partial charge in [-0.1, -0.05) is 109 Å². The molecule has 2 aromatic carbocycles. The van der Waals surface area contributed by atoms with Crippen molar-refractivity contribution in [1.82, 2.24) is 10.2 Å². The van der Waals surface area contributed by atoms with Crippen LogP contribution in [0.4, 0.5) is 0 Å². The molecule has 0 bridgehead atoms. The van der Waals surface area contributed by atoms with Crippen LogP contribution in [-0.4, -0.2) is 37.6 Å². The van der Waals surface area contributed by atoms with Crippen molar-refractivity contribution < 1.29 is 0 Å². The molecule has 0 aliphatic carbocycles. The van der Waals surface area contributed by atoms with Gasteiger partial charge in [-0.05, 0) is 110 Å². The first-order valence-electron chi connectivity index (χ1n) is 15.9. The summed E-state index contributed by atoms with van der Waals surface area (Å²) in [5, 5.41) is 4.02. The first-order valence-corrected chi connectivity index (χ1v) is 15.9. The Labute approximate surface area is 241 Å². The molecule has 3 rings (SSSR count). The number of nitrogens with zero attached hydrogens (tertiary/aromatic N) is 1. The molecular weight excluding hydrogens is 474 g/mol. The maximum absolute atomic E-state index is 5.72. The Kier molecular flexibility index (Phi) is 12.5. The Balaban J connectivity index is 1.46. The molecule has 1 unspecified atom stereocenters. The molecule has 1 heterocycles. The van der Waals surface area contributed by atoms with Crippen molar-refractivity contribution in [3.05, 3.63) is 70.8 Å². The van der Waals surface area contributed by atoms with Gasteiger partial charge in [0.05, 0.1) is 0 Å². The van der Waals surface area contributed by atoms with E-state index in [0.29, 0.717) is 6.04 Å². The molecule has 0 spiro atoms. The lowest BCUT2D eigenvalue weighted by atomic mass is 9.86. The monoisotopic (exact) mass is 533 g/mol. The fraction of sp³-hybridized carbons (Fsp3) is 0.667. The van der Waals surface area contributed by atoms with E-state index < -0.39 is 0 Å². The number of likely N-dealkylation sites (tertiary alicyclic amines) is 1. The van der Waals surface area contributed by atoms with Crippen molar-refractivity contribution in [3.8, 4) is 0 Å². The first-order chi connectivity index (χ1) is 18.6. The minimum absolute atomic E-state index is 0.201. The van der Waals surface area contributed by atoms with E-state index in [-0.39, 0.29) is 10.8 Å². The highest BCUT2D eigenvalue weighted by Crippen LogP contribution is 2.27. The lowest BCUT2D eigenvalue weighted by Gasteiger charge is -2.33. The van der Waals surface area contributed by atoms with E-state index in [9.17, 15) is 0 Å². The van der Waals surface area contributed by atoms with Gasteiger partial charge in [-0.3, -0.25) is 0 Å². The quantitative estimate of drug-likeness (QED) is 0.241. The SMILES string of the molecule is CC(C)(C)c1ccc(CCCCCCC(NCC2CCN(CCCN)CC2)c2ccc(C(C)(C)C)cc2)cc1. The number of aryl methyl sites for hydroxylation is 1. The smallest absolute Gasteiger partial charge is 0.0320 e. The second-order valence-corrected chi connectivity index (χ2v) is 14.2. The number of rotatable bonds is 14. The predicted molar refractivity (Wildman–Crippen MR) is 171 cm³/mol. The molecule has 0 saturated carbocycles. The summed E-state index contributed by atoms with van der Waals surface area (Å²) in [4.78, 5) is 2.60. The van der Waals surface area contributed by atoms with Crippen molar-refractivity contribution in [2.24, 2.45) is 11.7 Å². The lowest BCUT2D eigenvalue weighted by molar-refractivity contribution is 0.178. The Hall–Kier alpha value is -1.68. The third-order valence-corrected chi connectivity index (χ3v) is 8.75. The predicted octanol–water partition coefficient (Wildman–Crippen LogP) is 8.17. The molecule has 1 aliphatic heterocycles. The number of nitrogens with two attached hydrogens (primary N) is 1. The number of nitrogens with one attached hydrogen (secondary N) is 1. The van der Waals surface area contributed by atoms with Crippen LogP contribution in [0.5, 0.6) is 0 Å². The van der Waals surface area contributed by atoms with Crippen LogP contribution in [0.3, 0.4) is 0 Å². The average Bonchev–Trinajstić information content (AvgIpc) is 2.91. The Morgan fingerprint density at radius 1 is 0.769 bits per heavy atom. The van der Waals surface area contributed by atoms with Gasteiger partial charge < -0.3 is 16.0 Å². The van der Waals surface area contributed by atoms with Crippen molar-refractivity contribution in [2.45, 2.75) is 116 Å². The maximum Gasteiger partial charge on any atom is 0.0320 e. The number of hydrogen-bond acceptors (Lipinski definition) is 3. The number of hydrogen-bond donors (Lipinski definition) is 2. The van der Waals surface area contributed by atoms with Gasteiger partial charge in [0, 0.05) is 6.04 Å². The van der Waals surface area contributed by atoms with Crippen molar-refractivity contribution in [3.63, 3.8) is 0 Å². The number of unbranched alkanes of at least 4 members (excludes halogenated alkanes) is 3. The summed E-state index contributed by atoms with van der Waals surface area (Å²) >= 11 is 0. The molecule has 2 aromatic rings. The second-order valence-electron chi connectivity index (χ2n) is 14.2. The van der Waals surface area contributed by atoms with Gasteiger partial charge in [-0.2, -0.15) is 0 Å². The minimum Gasteiger partial charge on any atom is -0.330 e. The van der Waals surface area contributed by atoms with Crippen LogP contribution in [-0.2, 0) is 17.3 Å². The maximum atomic E-state index is 5.72. The van der Waals surface area contributed by atoms with E-state index in [4.69, 9.17) is 5.73 Å². The molecule has 1 aliphatic rings. The highest BCUT2D eigenvalue weighted by atomic mass is 15.1. The summed E-state index contributed by atoms with van der Waals surface area (Å²) in [6.07, 6.45) is 11.4. The third kappa shape index (κ3) is 11.0. The van der Waals surface area contributed by atoms with Crippen LogP contribution in [0.2, 0.25) is 0 Å². The summed E-state index contributed by atoms with van der Waals surface area (Å²) in [6, 6.07) is 19.2. The summed E-state index contributed by atoms with van der Waals surface area (Å²) in [5.74, 6) is 0.792. The topological polar surface area (TPSA) is 41.3 Å². The second kappa shape index (κ2) is 15.4. The van der Waals surface area contributed by atoms with Crippen molar-refractivity contribution >= 4 is 0 Å². The Morgan fingerprint density at radius 2 is 1.33 bits per heavy atom. The summed E-state index contributed by atoms with van der Waals surface area (Å²) in [7, 11) is 0. The van der Waals surface area contributed by atoms with Crippen LogP contribution < -0.4 is 11.1 Å². The molecule has 0 radical (unpaired) electrons. The molecular formula is C36H59N3. The van der Waals surface area contributed by atoms with Gasteiger partial charge in [0.25, 0.3) is 0 Å². The van der Waals surface area contributed by atoms with E-state index >= 15 is 0 Å². The van der Waals surface area contributed by atoms with Crippen LogP contribution in [0.25, 0.3) is 0 Å². The van der Waals surface area contributed by atoms with Crippen LogP contribution >= 0.6 is 0 Å². The van der Waals surface area contributed by atoms with E-state index in [2.05, 4.69) is 100 Å². The Morgan fingerprint density at radius 3 is 1.90 bits per heavy atom. The summed E-state index contributed by atoms with van der Waals surface area (Å²) < 4.78 is 0. The molecule has 39 heavy (non-hydrogen) atoms. The Bertz CT molecular complexity index is 925. The fourth-order valence-electron chi connectivity index (χ4n) is 5.84. The van der Waals surface area contributed by atoms with E-state index in [0.717, 1.165) is 25.4 Å². The zero-order valence-corrected chi connectivity index (χ0v) is 26.2. The van der Waals surface area contributed by atoms with E-state index in [1.54, 1.807) is 0 Å².